The average Bonchev–Trinajstić information content (AvgIpc) is 3.36. The van der Waals surface area contributed by atoms with Gasteiger partial charge in [0.1, 0.15) is 12.6 Å². The van der Waals surface area contributed by atoms with Gasteiger partial charge in [0, 0.05) is 55.1 Å². The normalized spacial score (nSPS) is 23.9. The summed E-state index contributed by atoms with van der Waals surface area (Å²) >= 11 is 0. The van der Waals surface area contributed by atoms with Gasteiger partial charge in [-0.1, -0.05) is 78.9 Å². The van der Waals surface area contributed by atoms with E-state index in [0.29, 0.717) is 12.8 Å². The fourth-order valence-electron chi connectivity index (χ4n) is 7.47. The molecule has 2 saturated heterocycles. The number of fused-ring (bicyclic) bond motifs is 4. The molecule has 2 fully saturated rings. The third-order valence-electron chi connectivity index (χ3n) is 9.37. The molecule has 0 bridgehead atoms. The van der Waals surface area contributed by atoms with E-state index in [1.807, 2.05) is 40.1 Å². The zero-order chi connectivity index (χ0) is 27.3. The minimum absolute atomic E-state index is 0.0547. The Labute approximate surface area is 235 Å². The van der Waals surface area contributed by atoms with E-state index in [-0.39, 0.29) is 24.4 Å². The van der Waals surface area contributed by atoms with E-state index in [2.05, 4.69) is 71.4 Å². The first kappa shape index (κ1) is 25.1. The van der Waals surface area contributed by atoms with Gasteiger partial charge < -0.3 is 14.8 Å². The zero-order valence-corrected chi connectivity index (χ0v) is 23.1. The minimum atomic E-state index is -0.642. The van der Waals surface area contributed by atoms with Crippen molar-refractivity contribution in [3.05, 3.63) is 107 Å². The van der Waals surface area contributed by atoms with Crippen LogP contribution in [0.5, 0.6) is 0 Å². The van der Waals surface area contributed by atoms with Crippen molar-refractivity contribution in [1.29, 1.82) is 0 Å². The molecule has 204 valence electrons. The van der Waals surface area contributed by atoms with Gasteiger partial charge in [0.15, 0.2) is 0 Å². The van der Waals surface area contributed by atoms with Crippen LogP contribution < -0.4 is 0 Å². The van der Waals surface area contributed by atoms with Crippen molar-refractivity contribution in [2.45, 2.75) is 56.8 Å². The monoisotopic (exact) mass is 532 g/mol. The molecule has 7 rings (SSSR count). The van der Waals surface area contributed by atoms with Crippen LogP contribution in [0, 0.1) is 0 Å². The number of carbonyl (C=O) groups is 2. The van der Waals surface area contributed by atoms with Gasteiger partial charge >= 0.3 is 0 Å². The number of aromatic nitrogens is 1. The van der Waals surface area contributed by atoms with Crippen molar-refractivity contribution >= 4 is 22.7 Å². The number of nitrogens with one attached hydrogen (secondary N) is 1. The molecule has 0 spiro atoms. The van der Waals surface area contributed by atoms with Gasteiger partial charge in [-0.15, -0.1) is 0 Å². The van der Waals surface area contributed by atoms with Crippen molar-refractivity contribution in [2.75, 3.05) is 19.6 Å². The number of rotatable bonds is 5. The molecule has 40 heavy (non-hydrogen) atoms. The highest BCUT2D eigenvalue weighted by Gasteiger charge is 2.54. The molecule has 2 amide bonds. The molecule has 0 radical (unpaired) electrons. The maximum atomic E-state index is 14.3. The number of piperidine rings is 1. The molecule has 3 aliphatic rings. The molecule has 1 N–H and O–H groups in total. The van der Waals surface area contributed by atoms with Gasteiger partial charge in [-0.25, -0.2) is 0 Å². The van der Waals surface area contributed by atoms with Crippen molar-refractivity contribution < 1.29 is 9.59 Å². The molecule has 4 heterocycles. The van der Waals surface area contributed by atoms with E-state index in [1.165, 1.54) is 11.1 Å². The van der Waals surface area contributed by atoms with E-state index >= 15 is 0 Å². The standard InChI is InChI=1S/C34H36N4O2/c1-34(21-24-10-4-2-5-11-24)32-28(27-14-8-9-15-29(27)35-32)20-30-33(40)37(23-31(39)38(30)34)26-16-18-36(19-17-26)22-25-12-6-3-7-13-25/h2-15,26,30,35H,16-23H2,1H3/t30-,34+/m1/s1. The highest BCUT2D eigenvalue weighted by atomic mass is 16.2. The quantitative estimate of drug-likeness (QED) is 0.398. The molecule has 6 nitrogen and oxygen atoms in total. The van der Waals surface area contributed by atoms with Gasteiger partial charge in [0.2, 0.25) is 11.8 Å². The first-order valence-electron chi connectivity index (χ1n) is 14.5. The van der Waals surface area contributed by atoms with E-state index in [1.54, 1.807) is 0 Å². The smallest absolute Gasteiger partial charge is 0.246 e. The van der Waals surface area contributed by atoms with Gasteiger partial charge in [0.05, 0.1) is 5.54 Å². The molecular weight excluding hydrogens is 496 g/mol. The Hall–Kier alpha value is -3.90. The van der Waals surface area contributed by atoms with Crippen LogP contribution in [0.25, 0.3) is 10.9 Å². The summed E-state index contributed by atoms with van der Waals surface area (Å²) in [5.74, 6) is 0.162. The topological polar surface area (TPSA) is 59.7 Å². The molecule has 2 atom stereocenters. The predicted molar refractivity (Wildman–Crippen MR) is 157 cm³/mol. The highest BCUT2D eigenvalue weighted by molar-refractivity contribution is 5.98. The van der Waals surface area contributed by atoms with Crippen LogP contribution in [0.3, 0.4) is 0 Å². The number of H-pyrrole nitrogens is 1. The molecular formula is C34H36N4O2. The van der Waals surface area contributed by atoms with E-state index in [0.717, 1.165) is 54.6 Å². The molecule has 0 saturated carbocycles. The minimum Gasteiger partial charge on any atom is -0.356 e. The second kappa shape index (κ2) is 9.93. The summed E-state index contributed by atoms with van der Waals surface area (Å²) in [6.07, 6.45) is 3.01. The number of benzene rings is 3. The van der Waals surface area contributed by atoms with Crippen LogP contribution in [0.4, 0.5) is 0 Å². The Kier molecular flexibility index (Phi) is 6.23. The number of aromatic amines is 1. The van der Waals surface area contributed by atoms with E-state index in [9.17, 15) is 9.59 Å². The van der Waals surface area contributed by atoms with Crippen LogP contribution >= 0.6 is 0 Å². The third kappa shape index (κ3) is 4.22. The van der Waals surface area contributed by atoms with Crippen LogP contribution in [0.15, 0.2) is 84.9 Å². The van der Waals surface area contributed by atoms with Crippen molar-refractivity contribution in [3.8, 4) is 0 Å². The first-order valence-corrected chi connectivity index (χ1v) is 14.5. The maximum absolute atomic E-state index is 14.3. The number of hydrogen-bond donors (Lipinski definition) is 1. The number of nitrogens with zero attached hydrogens (tertiary/aromatic N) is 3. The van der Waals surface area contributed by atoms with Crippen molar-refractivity contribution in [2.24, 2.45) is 0 Å². The van der Waals surface area contributed by atoms with E-state index < -0.39 is 11.6 Å². The molecule has 0 unspecified atom stereocenters. The van der Waals surface area contributed by atoms with Crippen LogP contribution in [-0.2, 0) is 34.5 Å². The predicted octanol–water partition coefficient (Wildman–Crippen LogP) is 4.89. The Morgan fingerprint density at radius 2 is 1.50 bits per heavy atom. The molecule has 4 aromatic rings. The van der Waals surface area contributed by atoms with Crippen LogP contribution in [0.2, 0.25) is 0 Å². The Balaban J connectivity index is 1.18. The fraction of sp³-hybridized carbons (Fsp3) is 0.353. The number of para-hydroxylation sites is 1. The average molecular weight is 533 g/mol. The number of amides is 2. The summed E-state index contributed by atoms with van der Waals surface area (Å²) in [6, 6.07) is 28.8. The summed E-state index contributed by atoms with van der Waals surface area (Å²) in [5.41, 5.74) is 5.14. The van der Waals surface area contributed by atoms with Crippen LogP contribution in [0.1, 0.15) is 42.1 Å². The Morgan fingerprint density at radius 3 is 2.23 bits per heavy atom. The lowest BCUT2D eigenvalue weighted by atomic mass is 9.77. The SMILES string of the molecule is C[C@]1(Cc2ccccc2)c2[nH]c3ccccc3c2C[C@@H]2C(=O)N(C3CCN(Cc4ccccc4)CC3)CC(=O)N21. The maximum Gasteiger partial charge on any atom is 0.246 e. The first-order chi connectivity index (χ1) is 19.5. The van der Waals surface area contributed by atoms with Gasteiger partial charge in [0.25, 0.3) is 0 Å². The zero-order valence-electron chi connectivity index (χ0n) is 23.1. The Bertz CT molecular complexity index is 1540. The number of carbonyl (C=O) groups excluding carboxylic acids is 2. The summed E-state index contributed by atoms with van der Waals surface area (Å²) in [6.45, 7) is 5.11. The van der Waals surface area contributed by atoms with Gasteiger partial charge in [-0.05, 0) is 42.5 Å². The Morgan fingerprint density at radius 1 is 0.850 bits per heavy atom. The lowest BCUT2D eigenvalue weighted by molar-refractivity contribution is -0.167. The molecule has 3 aliphatic heterocycles. The summed E-state index contributed by atoms with van der Waals surface area (Å²) in [5, 5.41) is 1.16. The molecule has 3 aromatic carbocycles. The van der Waals surface area contributed by atoms with Gasteiger partial charge in [-0.2, -0.15) is 0 Å². The summed E-state index contributed by atoms with van der Waals surface area (Å²) in [7, 11) is 0. The lowest BCUT2D eigenvalue weighted by Crippen LogP contribution is -2.69. The number of likely N-dealkylation sites (tertiary alicyclic amines) is 1. The molecule has 6 heteroatoms. The molecule has 1 aromatic heterocycles. The van der Waals surface area contributed by atoms with Crippen LogP contribution in [-0.4, -0.2) is 63.2 Å². The summed E-state index contributed by atoms with van der Waals surface area (Å²) in [4.78, 5) is 38.4. The molecule has 0 aliphatic carbocycles. The van der Waals surface area contributed by atoms with Crippen molar-refractivity contribution in [1.82, 2.24) is 19.7 Å². The van der Waals surface area contributed by atoms with Gasteiger partial charge in [-0.3, -0.25) is 14.5 Å². The summed E-state index contributed by atoms with van der Waals surface area (Å²) < 4.78 is 0. The second-order valence-corrected chi connectivity index (χ2v) is 11.9. The lowest BCUT2D eigenvalue weighted by Gasteiger charge is -2.54. The van der Waals surface area contributed by atoms with E-state index in [4.69, 9.17) is 0 Å². The third-order valence-corrected chi connectivity index (χ3v) is 9.37. The highest BCUT2D eigenvalue weighted by Crippen LogP contribution is 2.45. The number of hydrogen-bond acceptors (Lipinski definition) is 3. The number of piperazine rings is 1. The fourth-order valence-corrected chi connectivity index (χ4v) is 7.47. The largest absolute Gasteiger partial charge is 0.356 e. The van der Waals surface area contributed by atoms with Crippen molar-refractivity contribution in [3.63, 3.8) is 0 Å². The second-order valence-electron chi connectivity index (χ2n) is 11.9.